The molecule has 0 atom stereocenters. The second-order valence-electron chi connectivity index (χ2n) is 5.17. The minimum atomic E-state index is -0.587. The van der Waals surface area contributed by atoms with Gasteiger partial charge >= 0.3 is 0 Å². The Labute approximate surface area is 155 Å². The summed E-state index contributed by atoms with van der Waals surface area (Å²) in [5.41, 5.74) is 2.16. The number of aromatic nitrogens is 2. The molecule has 1 aromatic heterocycles. The third-order valence-electron chi connectivity index (χ3n) is 3.17. The molecule has 0 fully saturated rings. The minimum absolute atomic E-state index is 0.0217. The molecular weight excluding hydrogens is 380 g/mol. The van der Waals surface area contributed by atoms with Crippen LogP contribution in [0.15, 0.2) is 17.2 Å². The van der Waals surface area contributed by atoms with Gasteiger partial charge in [-0.2, -0.15) is 5.10 Å². The van der Waals surface area contributed by atoms with E-state index in [1.54, 1.807) is 0 Å². The lowest BCUT2D eigenvalue weighted by Gasteiger charge is -2.01. The van der Waals surface area contributed by atoms with Crippen molar-refractivity contribution in [2.24, 2.45) is 5.10 Å². The maximum absolute atomic E-state index is 11.9. The van der Waals surface area contributed by atoms with Gasteiger partial charge in [-0.3, -0.25) is 19.7 Å². The van der Waals surface area contributed by atoms with Gasteiger partial charge in [0.05, 0.1) is 29.2 Å². The van der Waals surface area contributed by atoms with Crippen LogP contribution in [0.1, 0.15) is 17.5 Å². The van der Waals surface area contributed by atoms with Crippen LogP contribution < -0.4 is 20.2 Å². The third-order valence-corrected chi connectivity index (χ3v) is 4.01. The molecule has 0 aliphatic carbocycles. The molecule has 2 aromatic rings. The zero-order valence-electron chi connectivity index (χ0n) is 13.8. The molecule has 2 heterocycles. The number of hydrogen-bond acceptors (Lipinski definition) is 10. The number of benzene rings is 1. The summed E-state index contributed by atoms with van der Waals surface area (Å²) in [4.78, 5) is 33.4. The summed E-state index contributed by atoms with van der Waals surface area (Å²) in [7, 11) is 0. The number of rotatable bonds is 6. The summed E-state index contributed by atoms with van der Waals surface area (Å²) in [5, 5.41) is 25.5. The Morgan fingerprint density at radius 1 is 1.37 bits per heavy atom. The topological polar surface area (TPSA) is 158 Å². The molecular formula is C14H12N6O6S. The van der Waals surface area contributed by atoms with Crippen molar-refractivity contribution in [1.82, 2.24) is 15.6 Å². The van der Waals surface area contributed by atoms with Crippen LogP contribution >= 0.6 is 11.3 Å². The first kappa shape index (κ1) is 18.2. The number of hydrazone groups is 1. The number of nitro benzene ring substituents is 1. The predicted molar refractivity (Wildman–Crippen MR) is 92.9 cm³/mol. The van der Waals surface area contributed by atoms with E-state index in [0.717, 1.165) is 17.6 Å². The first-order valence-electron chi connectivity index (χ1n) is 7.42. The number of carbonyl (C=O) groups is 2. The monoisotopic (exact) mass is 392 g/mol. The molecule has 13 heteroatoms. The van der Waals surface area contributed by atoms with Gasteiger partial charge in [-0.25, -0.2) is 5.43 Å². The maximum Gasteiger partial charge on any atom is 0.282 e. The number of nitrogens with one attached hydrogen (secondary N) is 2. The molecule has 2 N–H and O–H groups in total. The van der Waals surface area contributed by atoms with Crippen molar-refractivity contribution in [3.05, 3.63) is 32.8 Å². The Kier molecular flexibility index (Phi) is 5.21. The van der Waals surface area contributed by atoms with Crippen LogP contribution in [0.5, 0.6) is 11.5 Å². The van der Waals surface area contributed by atoms with Crippen molar-refractivity contribution in [2.75, 3.05) is 12.1 Å². The lowest BCUT2D eigenvalue weighted by atomic mass is 10.1. The number of fused-ring (bicyclic) bond motifs is 1. The molecule has 1 aromatic carbocycles. The maximum atomic E-state index is 11.9. The molecule has 1 aliphatic rings. The van der Waals surface area contributed by atoms with Crippen molar-refractivity contribution in [1.29, 1.82) is 0 Å². The highest BCUT2D eigenvalue weighted by molar-refractivity contribution is 7.15. The largest absolute Gasteiger partial charge is 0.454 e. The Balaban J connectivity index is 1.63. The van der Waals surface area contributed by atoms with E-state index in [-0.39, 0.29) is 41.3 Å². The van der Waals surface area contributed by atoms with E-state index < -0.39 is 10.8 Å². The SMILES string of the molecule is CC(=O)Nc1nnc(CC(=O)N/N=C\c2cc3c(cc2[N+](=O)[O-])OCO3)s1. The van der Waals surface area contributed by atoms with Gasteiger partial charge < -0.3 is 14.8 Å². The lowest BCUT2D eigenvalue weighted by molar-refractivity contribution is -0.385. The molecule has 12 nitrogen and oxygen atoms in total. The summed E-state index contributed by atoms with van der Waals surface area (Å²) in [5.74, 6) is -0.167. The first-order valence-corrected chi connectivity index (χ1v) is 8.24. The molecule has 0 bridgehead atoms. The van der Waals surface area contributed by atoms with Crippen molar-refractivity contribution in [2.45, 2.75) is 13.3 Å². The van der Waals surface area contributed by atoms with E-state index in [4.69, 9.17) is 9.47 Å². The summed E-state index contributed by atoms with van der Waals surface area (Å²) >= 11 is 1.05. The average molecular weight is 392 g/mol. The number of ether oxygens (including phenoxy) is 2. The summed E-state index contributed by atoms with van der Waals surface area (Å²) < 4.78 is 10.3. The van der Waals surface area contributed by atoms with Crippen LogP contribution in [-0.2, 0) is 16.0 Å². The highest BCUT2D eigenvalue weighted by atomic mass is 32.1. The molecule has 27 heavy (non-hydrogen) atoms. The molecule has 0 saturated heterocycles. The van der Waals surface area contributed by atoms with Gasteiger partial charge in [0, 0.05) is 6.92 Å². The minimum Gasteiger partial charge on any atom is -0.454 e. The van der Waals surface area contributed by atoms with Gasteiger partial charge in [-0.05, 0) is 6.07 Å². The number of carbonyl (C=O) groups excluding carboxylic acids is 2. The van der Waals surface area contributed by atoms with Gasteiger partial charge in [0.15, 0.2) is 11.5 Å². The molecule has 2 amide bonds. The normalized spacial score (nSPS) is 12.2. The molecule has 0 unspecified atom stereocenters. The lowest BCUT2D eigenvalue weighted by Crippen LogP contribution is -2.19. The van der Waals surface area contributed by atoms with Crippen molar-refractivity contribution in [3.8, 4) is 11.5 Å². The zero-order valence-corrected chi connectivity index (χ0v) is 14.6. The summed E-state index contributed by atoms with van der Waals surface area (Å²) in [6.45, 7) is 1.31. The first-order chi connectivity index (χ1) is 12.9. The molecule has 140 valence electrons. The standard InChI is InChI=1S/C14H12N6O6S/c1-7(21)16-14-19-18-13(27-14)4-12(22)17-15-5-8-2-10-11(26-6-25-10)3-9(8)20(23)24/h2-3,5H,4,6H2,1H3,(H,17,22)(H,16,19,21)/b15-5-. The molecule has 0 spiro atoms. The number of anilines is 1. The fourth-order valence-corrected chi connectivity index (χ4v) is 2.87. The molecule has 1 aliphatic heterocycles. The van der Waals surface area contributed by atoms with Gasteiger partial charge in [-0.15, -0.1) is 10.2 Å². The average Bonchev–Trinajstić information content (AvgIpc) is 3.22. The number of nitro groups is 1. The van der Waals surface area contributed by atoms with E-state index in [1.165, 1.54) is 19.1 Å². The number of amides is 2. The fourth-order valence-electron chi connectivity index (χ4n) is 2.09. The van der Waals surface area contributed by atoms with Crippen molar-refractivity contribution >= 4 is 40.2 Å². The van der Waals surface area contributed by atoms with Crippen LogP contribution in [0.4, 0.5) is 10.8 Å². The number of nitrogens with zero attached hydrogens (tertiary/aromatic N) is 4. The molecule has 3 rings (SSSR count). The smallest absolute Gasteiger partial charge is 0.282 e. The van der Waals surface area contributed by atoms with E-state index in [0.29, 0.717) is 10.8 Å². The zero-order chi connectivity index (χ0) is 19.4. The molecule has 0 radical (unpaired) electrons. The quantitative estimate of drug-likeness (QED) is 0.415. The summed E-state index contributed by atoms with van der Waals surface area (Å²) in [6, 6.07) is 2.64. The van der Waals surface area contributed by atoms with Gasteiger partial charge in [-0.1, -0.05) is 11.3 Å². The van der Waals surface area contributed by atoms with E-state index in [2.05, 4.69) is 26.0 Å². The van der Waals surface area contributed by atoms with Gasteiger partial charge in [0.2, 0.25) is 23.7 Å². The number of hydrogen-bond donors (Lipinski definition) is 2. The van der Waals surface area contributed by atoms with Gasteiger partial charge in [0.25, 0.3) is 5.69 Å². The Morgan fingerprint density at radius 2 is 2.11 bits per heavy atom. The Morgan fingerprint density at radius 3 is 2.81 bits per heavy atom. The van der Waals surface area contributed by atoms with Crippen LogP contribution in [-0.4, -0.2) is 39.9 Å². The third kappa shape index (κ3) is 4.52. The van der Waals surface area contributed by atoms with E-state index in [9.17, 15) is 19.7 Å². The van der Waals surface area contributed by atoms with Crippen LogP contribution in [0.3, 0.4) is 0 Å². The van der Waals surface area contributed by atoms with Crippen molar-refractivity contribution in [3.63, 3.8) is 0 Å². The molecule has 0 saturated carbocycles. The second-order valence-corrected chi connectivity index (χ2v) is 6.24. The van der Waals surface area contributed by atoms with Crippen LogP contribution in [0.25, 0.3) is 0 Å². The Hall–Kier alpha value is -3.61. The van der Waals surface area contributed by atoms with Crippen molar-refractivity contribution < 1.29 is 24.0 Å². The predicted octanol–water partition coefficient (Wildman–Crippen LogP) is 0.826. The van der Waals surface area contributed by atoms with Crippen LogP contribution in [0, 0.1) is 10.1 Å². The van der Waals surface area contributed by atoms with E-state index in [1.807, 2.05) is 0 Å². The van der Waals surface area contributed by atoms with Gasteiger partial charge in [0.1, 0.15) is 5.01 Å². The fraction of sp³-hybridized carbons (Fsp3) is 0.214. The summed E-state index contributed by atoms with van der Waals surface area (Å²) in [6.07, 6.45) is 1.03. The van der Waals surface area contributed by atoms with E-state index >= 15 is 0 Å². The second kappa shape index (κ2) is 7.74. The highest BCUT2D eigenvalue weighted by Crippen LogP contribution is 2.37. The Bertz CT molecular complexity index is 942. The highest BCUT2D eigenvalue weighted by Gasteiger charge is 2.22. The van der Waals surface area contributed by atoms with Crippen LogP contribution in [0.2, 0.25) is 0 Å².